The van der Waals surface area contributed by atoms with Crippen molar-refractivity contribution in [1.82, 2.24) is 0 Å². The summed E-state index contributed by atoms with van der Waals surface area (Å²) in [4.78, 5) is 45.3. The molecule has 25 heavy (non-hydrogen) atoms. The summed E-state index contributed by atoms with van der Waals surface area (Å²) >= 11 is 0.230. The molecule has 0 aliphatic heterocycles. The third-order valence-corrected chi connectivity index (χ3v) is 1.84. The average Bonchev–Trinajstić information content (AvgIpc) is 2.47. The summed E-state index contributed by atoms with van der Waals surface area (Å²) in [7, 11) is 0. The molecule has 0 amide bonds. The van der Waals surface area contributed by atoms with Crippen molar-refractivity contribution in [3.8, 4) is 0 Å². The zero-order chi connectivity index (χ0) is 20.4. The standard InChI is InChI=1S/2C6H10O5.2CH3.Sn/c2*1-2-11-6(10)4(7)3-5(8)9;;;/h2*4,7H,2-3H2,1H3,(H,8,9);2*1H3;/q;;;;+2/p-2. The molecule has 0 aromatic rings. The number of ether oxygens (including phenoxy) is 2. The molecular weight excluding hydrogens is 447 g/mol. The quantitative estimate of drug-likeness (QED) is 0.273. The SMILES string of the molecule is CCOC(=O)C(O)CC(=O)[O-].CCOC(=O)C(O)CC(=O)[O-].[CH3][Sn+2][CH3]. The van der Waals surface area contributed by atoms with Crippen LogP contribution in [-0.2, 0) is 28.7 Å². The fraction of sp³-hybridized carbons (Fsp3) is 0.714. The van der Waals surface area contributed by atoms with Gasteiger partial charge in [-0.25, -0.2) is 9.59 Å². The summed E-state index contributed by atoms with van der Waals surface area (Å²) in [5, 5.41) is 37.1. The van der Waals surface area contributed by atoms with Crippen molar-refractivity contribution >= 4 is 45.0 Å². The minimum absolute atomic E-state index is 0.114. The molecule has 0 bridgehead atoms. The summed E-state index contributed by atoms with van der Waals surface area (Å²) < 4.78 is 8.65. The minimum atomic E-state index is -1.61. The molecule has 0 saturated carbocycles. The molecule has 2 atom stereocenters. The molecule has 0 heterocycles. The van der Waals surface area contributed by atoms with Gasteiger partial charge in [0.15, 0.2) is 12.2 Å². The first kappa shape index (κ1) is 28.4. The number of carboxylic acid groups (broad SMARTS) is 2. The summed E-state index contributed by atoms with van der Waals surface area (Å²) in [6.07, 6.45) is -4.67. The van der Waals surface area contributed by atoms with E-state index in [1.807, 2.05) is 0 Å². The fourth-order valence-corrected chi connectivity index (χ4v) is 0.959. The molecule has 0 radical (unpaired) electrons. The molecule has 144 valence electrons. The summed E-state index contributed by atoms with van der Waals surface area (Å²) in [6, 6.07) is 0. The van der Waals surface area contributed by atoms with Crippen LogP contribution < -0.4 is 10.2 Å². The number of aliphatic hydroxyl groups excluding tert-OH is 2. The number of aliphatic carboxylic acids is 2. The van der Waals surface area contributed by atoms with Crippen LogP contribution in [0.1, 0.15) is 26.7 Å². The molecule has 0 aromatic carbocycles. The third kappa shape index (κ3) is 22.6. The van der Waals surface area contributed by atoms with E-state index in [1.54, 1.807) is 13.8 Å². The van der Waals surface area contributed by atoms with Gasteiger partial charge in [0.2, 0.25) is 0 Å². The molecule has 11 heteroatoms. The van der Waals surface area contributed by atoms with Crippen molar-refractivity contribution < 1.29 is 49.1 Å². The van der Waals surface area contributed by atoms with Crippen LogP contribution in [0.5, 0.6) is 0 Å². The molecule has 0 saturated heterocycles. The molecular formula is C14H24O10Sn. The summed E-state index contributed by atoms with van der Waals surface area (Å²) in [5.74, 6) is -4.83. The van der Waals surface area contributed by atoms with Crippen molar-refractivity contribution in [2.45, 2.75) is 48.8 Å². The second-order valence-corrected chi connectivity index (χ2v) is 7.04. The molecule has 0 rings (SSSR count). The van der Waals surface area contributed by atoms with Gasteiger partial charge in [-0.1, -0.05) is 0 Å². The second kappa shape index (κ2) is 18.9. The van der Waals surface area contributed by atoms with Crippen molar-refractivity contribution in [1.29, 1.82) is 0 Å². The number of carbonyl (C=O) groups excluding carboxylic acids is 4. The van der Waals surface area contributed by atoms with Gasteiger partial charge in [0.25, 0.3) is 0 Å². The Labute approximate surface area is 156 Å². The van der Waals surface area contributed by atoms with Gasteiger partial charge >= 0.3 is 43.0 Å². The van der Waals surface area contributed by atoms with Crippen LogP contribution in [0.4, 0.5) is 0 Å². The Morgan fingerprint density at radius 3 is 1.24 bits per heavy atom. The Kier molecular flexibility index (Phi) is 21.5. The van der Waals surface area contributed by atoms with E-state index in [0.717, 1.165) is 0 Å². The molecule has 0 aliphatic rings. The normalized spacial score (nSPS) is 11.1. The maximum atomic E-state index is 10.5. The van der Waals surface area contributed by atoms with Gasteiger partial charge < -0.3 is 39.5 Å². The predicted octanol–water partition coefficient (Wildman–Crippen LogP) is -3.11. The second-order valence-electron chi connectivity index (χ2n) is 4.19. The van der Waals surface area contributed by atoms with E-state index in [1.165, 1.54) is 0 Å². The Hall–Kier alpha value is -1.40. The number of aliphatic hydroxyl groups is 2. The van der Waals surface area contributed by atoms with Gasteiger partial charge in [0.1, 0.15) is 0 Å². The van der Waals surface area contributed by atoms with Gasteiger partial charge in [-0.05, 0) is 13.8 Å². The van der Waals surface area contributed by atoms with Gasteiger partial charge in [-0.3, -0.25) is 0 Å². The van der Waals surface area contributed by atoms with Crippen molar-refractivity contribution in [2.24, 2.45) is 0 Å². The van der Waals surface area contributed by atoms with Crippen molar-refractivity contribution in [2.75, 3.05) is 13.2 Å². The zero-order valence-corrected chi connectivity index (χ0v) is 17.5. The van der Waals surface area contributed by atoms with Crippen LogP contribution in [0, 0.1) is 0 Å². The first-order chi connectivity index (χ1) is 11.6. The first-order valence-electron chi connectivity index (χ1n) is 7.24. The molecule has 2 N–H and O–H groups in total. The van der Waals surface area contributed by atoms with E-state index in [0.29, 0.717) is 0 Å². The fourth-order valence-electron chi connectivity index (χ4n) is 0.959. The summed E-state index contributed by atoms with van der Waals surface area (Å²) in [5.41, 5.74) is 0. The molecule has 0 spiro atoms. The van der Waals surface area contributed by atoms with Crippen LogP contribution in [-0.4, -0.2) is 80.7 Å². The number of carboxylic acids is 2. The number of carbonyl (C=O) groups is 4. The maximum absolute atomic E-state index is 10.5. The van der Waals surface area contributed by atoms with Crippen LogP contribution >= 0.6 is 0 Å². The topological polar surface area (TPSA) is 173 Å². The van der Waals surface area contributed by atoms with E-state index >= 15 is 0 Å². The van der Waals surface area contributed by atoms with Crippen LogP contribution in [0.15, 0.2) is 0 Å². The van der Waals surface area contributed by atoms with Crippen molar-refractivity contribution in [3.05, 3.63) is 0 Å². The van der Waals surface area contributed by atoms with E-state index in [2.05, 4.69) is 19.4 Å². The van der Waals surface area contributed by atoms with Crippen LogP contribution in [0.2, 0.25) is 9.88 Å². The predicted molar refractivity (Wildman–Crippen MR) is 82.0 cm³/mol. The van der Waals surface area contributed by atoms with Crippen LogP contribution in [0.3, 0.4) is 0 Å². The Balaban J connectivity index is -0.000000334. The zero-order valence-electron chi connectivity index (χ0n) is 14.6. The van der Waals surface area contributed by atoms with Crippen molar-refractivity contribution in [3.63, 3.8) is 0 Å². The van der Waals surface area contributed by atoms with E-state index in [9.17, 15) is 29.4 Å². The molecule has 2 unspecified atom stereocenters. The number of rotatable bonds is 8. The van der Waals surface area contributed by atoms with Gasteiger partial charge in [-0.2, -0.15) is 0 Å². The number of hydrogen-bond donors (Lipinski definition) is 2. The Morgan fingerprint density at radius 1 is 0.840 bits per heavy atom. The molecule has 0 aromatic heterocycles. The molecule has 0 fully saturated rings. The number of hydrogen-bond acceptors (Lipinski definition) is 10. The number of esters is 2. The van der Waals surface area contributed by atoms with Gasteiger partial charge in [0.05, 0.1) is 13.2 Å². The molecule has 0 aliphatic carbocycles. The summed E-state index contributed by atoms with van der Waals surface area (Å²) in [6.45, 7) is 3.35. The van der Waals surface area contributed by atoms with E-state index in [4.69, 9.17) is 10.2 Å². The van der Waals surface area contributed by atoms with Gasteiger partial charge in [-0.15, -0.1) is 0 Å². The average molecular weight is 471 g/mol. The Bertz CT molecular complexity index is 363. The Morgan fingerprint density at radius 2 is 1.08 bits per heavy atom. The van der Waals surface area contributed by atoms with Gasteiger partial charge in [0, 0.05) is 24.8 Å². The monoisotopic (exact) mass is 472 g/mol. The van der Waals surface area contributed by atoms with Crippen LogP contribution in [0.25, 0.3) is 0 Å². The van der Waals surface area contributed by atoms with E-state index in [-0.39, 0.29) is 34.4 Å². The third-order valence-electron chi connectivity index (χ3n) is 1.84. The molecule has 10 nitrogen and oxygen atoms in total. The first-order valence-corrected chi connectivity index (χ1v) is 13.0. The van der Waals surface area contributed by atoms with E-state index < -0.39 is 48.9 Å².